The van der Waals surface area contributed by atoms with Crippen LogP contribution in [0.4, 0.5) is 0 Å². The van der Waals surface area contributed by atoms with Crippen molar-refractivity contribution >= 4 is 27.5 Å². The molecule has 0 saturated heterocycles. The SMILES string of the molecule is COCCn1cnnc1-c1cc(Cl)ccc1Br. The largest absolute Gasteiger partial charge is 0.383 e. The average Bonchev–Trinajstić information content (AvgIpc) is 2.77. The minimum absolute atomic E-state index is 0.614. The van der Waals surface area contributed by atoms with Gasteiger partial charge in [-0.15, -0.1) is 10.2 Å². The third kappa shape index (κ3) is 2.86. The Bertz CT molecular complexity index is 515. The van der Waals surface area contributed by atoms with E-state index in [0.29, 0.717) is 18.2 Å². The number of nitrogens with zero attached hydrogens (tertiary/aromatic N) is 3. The maximum absolute atomic E-state index is 5.99. The third-order valence-electron chi connectivity index (χ3n) is 2.32. The Kier molecular flexibility index (Phi) is 4.15. The van der Waals surface area contributed by atoms with Crippen LogP contribution in [0.3, 0.4) is 0 Å². The quantitative estimate of drug-likeness (QED) is 0.870. The first-order chi connectivity index (χ1) is 8.22. The number of methoxy groups -OCH3 is 1. The summed E-state index contributed by atoms with van der Waals surface area (Å²) in [7, 11) is 1.67. The zero-order chi connectivity index (χ0) is 12.3. The molecule has 0 amide bonds. The van der Waals surface area contributed by atoms with Gasteiger partial charge in [-0.3, -0.25) is 0 Å². The highest BCUT2D eigenvalue weighted by molar-refractivity contribution is 9.10. The molecule has 90 valence electrons. The van der Waals surface area contributed by atoms with Crippen LogP contribution in [0.1, 0.15) is 0 Å². The minimum atomic E-state index is 0.614. The summed E-state index contributed by atoms with van der Waals surface area (Å²) in [6.45, 7) is 1.32. The molecule has 4 nitrogen and oxygen atoms in total. The molecule has 0 aliphatic heterocycles. The summed E-state index contributed by atoms with van der Waals surface area (Å²) in [5.74, 6) is 0.774. The molecule has 2 aromatic rings. The lowest BCUT2D eigenvalue weighted by Crippen LogP contribution is -2.05. The summed E-state index contributed by atoms with van der Waals surface area (Å²) in [6, 6.07) is 5.58. The van der Waals surface area contributed by atoms with Gasteiger partial charge in [-0.2, -0.15) is 0 Å². The smallest absolute Gasteiger partial charge is 0.165 e. The van der Waals surface area contributed by atoms with Crippen LogP contribution in [0.5, 0.6) is 0 Å². The molecule has 1 aromatic carbocycles. The number of halogens is 2. The van der Waals surface area contributed by atoms with Gasteiger partial charge in [-0.1, -0.05) is 27.5 Å². The van der Waals surface area contributed by atoms with Crippen molar-refractivity contribution in [3.8, 4) is 11.4 Å². The molecule has 0 bridgehead atoms. The van der Waals surface area contributed by atoms with Gasteiger partial charge in [0.2, 0.25) is 0 Å². The molecule has 0 N–H and O–H groups in total. The van der Waals surface area contributed by atoms with Crippen molar-refractivity contribution in [2.24, 2.45) is 0 Å². The minimum Gasteiger partial charge on any atom is -0.383 e. The van der Waals surface area contributed by atoms with Crippen LogP contribution >= 0.6 is 27.5 Å². The number of hydrogen-bond donors (Lipinski definition) is 0. The van der Waals surface area contributed by atoms with E-state index in [1.807, 2.05) is 22.8 Å². The predicted octanol–water partition coefficient (Wildman–Crippen LogP) is 3.01. The first-order valence-corrected chi connectivity index (χ1v) is 6.21. The molecule has 0 saturated carbocycles. The van der Waals surface area contributed by atoms with Crippen LogP contribution in [0.2, 0.25) is 5.02 Å². The number of aromatic nitrogens is 3. The average molecular weight is 317 g/mol. The van der Waals surface area contributed by atoms with E-state index >= 15 is 0 Å². The Morgan fingerprint density at radius 2 is 2.29 bits per heavy atom. The Morgan fingerprint density at radius 1 is 1.47 bits per heavy atom. The molecule has 0 fully saturated rings. The molecule has 0 atom stereocenters. The molecular weight excluding hydrogens is 305 g/mol. The summed E-state index contributed by atoms with van der Waals surface area (Å²) >= 11 is 9.47. The van der Waals surface area contributed by atoms with E-state index in [1.54, 1.807) is 13.4 Å². The van der Waals surface area contributed by atoms with Crippen molar-refractivity contribution in [1.82, 2.24) is 14.8 Å². The van der Waals surface area contributed by atoms with Crippen molar-refractivity contribution in [2.75, 3.05) is 13.7 Å². The fraction of sp³-hybridized carbons (Fsp3) is 0.273. The van der Waals surface area contributed by atoms with Crippen LogP contribution in [-0.2, 0) is 11.3 Å². The summed E-state index contributed by atoms with van der Waals surface area (Å²) in [4.78, 5) is 0. The van der Waals surface area contributed by atoms with Crippen molar-refractivity contribution in [3.05, 3.63) is 34.0 Å². The van der Waals surface area contributed by atoms with Crippen LogP contribution in [0.25, 0.3) is 11.4 Å². The maximum Gasteiger partial charge on any atom is 0.165 e. The maximum atomic E-state index is 5.99. The molecule has 17 heavy (non-hydrogen) atoms. The van der Waals surface area contributed by atoms with Crippen molar-refractivity contribution in [2.45, 2.75) is 6.54 Å². The lowest BCUT2D eigenvalue weighted by molar-refractivity contribution is 0.187. The summed E-state index contributed by atoms with van der Waals surface area (Å²) in [5.41, 5.74) is 0.922. The van der Waals surface area contributed by atoms with E-state index in [4.69, 9.17) is 16.3 Å². The summed E-state index contributed by atoms with van der Waals surface area (Å²) < 4.78 is 7.91. The molecule has 0 aliphatic carbocycles. The van der Waals surface area contributed by atoms with Crippen molar-refractivity contribution in [1.29, 1.82) is 0 Å². The topological polar surface area (TPSA) is 39.9 Å². The first-order valence-electron chi connectivity index (χ1n) is 5.04. The first kappa shape index (κ1) is 12.5. The zero-order valence-electron chi connectivity index (χ0n) is 9.23. The van der Waals surface area contributed by atoms with Crippen LogP contribution in [0, 0.1) is 0 Å². The van der Waals surface area contributed by atoms with Gasteiger partial charge in [-0.05, 0) is 18.2 Å². The zero-order valence-corrected chi connectivity index (χ0v) is 11.6. The second-order valence-corrected chi connectivity index (χ2v) is 4.76. The second kappa shape index (κ2) is 5.62. The lowest BCUT2D eigenvalue weighted by Gasteiger charge is -2.07. The standard InChI is InChI=1S/C11H11BrClN3O/c1-17-5-4-16-7-14-15-11(16)9-6-8(13)2-3-10(9)12/h2-3,6-7H,4-5H2,1H3. The molecule has 0 radical (unpaired) electrons. The molecule has 1 heterocycles. The van der Waals surface area contributed by atoms with Gasteiger partial charge >= 0.3 is 0 Å². The monoisotopic (exact) mass is 315 g/mol. The molecule has 0 unspecified atom stereocenters. The number of benzene rings is 1. The van der Waals surface area contributed by atoms with Crippen molar-refractivity contribution in [3.63, 3.8) is 0 Å². The lowest BCUT2D eigenvalue weighted by atomic mass is 10.2. The summed E-state index contributed by atoms with van der Waals surface area (Å²) in [5, 5.41) is 8.70. The summed E-state index contributed by atoms with van der Waals surface area (Å²) in [6.07, 6.45) is 1.68. The van der Waals surface area contributed by atoms with Gasteiger partial charge in [0, 0.05) is 28.7 Å². The van der Waals surface area contributed by atoms with Crippen LogP contribution in [0.15, 0.2) is 29.0 Å². The van der Waals surface area contributed by atoms with E-state index in [2.05, 4.69) is 26.1 Å². The molecule has 0 spiro atoms. The fourth-order valence-corrected chi connectivity index (χ4v) is 2.08. The highest BCUT2D eigenvalue weighted by Crippen LogP contribution is 2.29. The van der Waals surface area contributed by atoms with Gasteiger partial charge in [0.15, 0.2) is 5.82 Å². The van der Waals surface area contributed by atoms with Gasteiger partial charge in [0.1, 0.15) is 6.33 Å². The van der Waals surface area contributed by atoms with Gasteiger partial charge in [0.25, 0.3) is 0 Å². The third-order valence-corrected chi connectivity index (χ3v) is 3.25. The van der Waals surface area contributed by atoms with E-state index in [-0.39, 0.29) is 0 Å². The van der Waals surface area contributed by atoms with E-state index in [9.17, 15) is 0 Å². The molecule has 1 aromatic heterocycles. The Balaban J connectivity index is 2.38. The Hall–Kier alpha value is -0.910. The molecule has 0 aliphatic rings. The predicted molar refractivity (Wildman–Crippen MR) is 70.0 cm³/mol. The molecule has 6 heteroatoms. The Labute approximate surface area is 113 Å². The second-order valence-electron chi connectivity index (χ2n) is 3.46. The van der Waals surface area contributed by atoms with Crippen LogP contribution < -0.4 is 0 Å². The number of hydrogen-bond acceptors (Lipinski definition) is 3. The van der Waals surface area contributed by atoms with Gasteiger partial charge in [0.05, 0.1) is 6.61 Å². The molecule has 2 rings (SSSR count). The van der Waals surface area contributed by atoms with E-state index in [0.717, 1.165) is 15.9 Å². The van der Waals surface area contributed by atoms with E-state index in [1.165, 1.54) is 0 Å². The number of ether oxygens (including phenoxy) is 1. The normalized spacial score (nSPS) is 10.8. The van der Waals surface area contributed by atoms with Crippen molar-refractivity contribution < 1.29 is 4.74 Å². The number of rotatable bonds is 4. The van der Waals surface area contributed by atoms with Gasteiger partial charge < -0.3 is 9.30 Å². The highest BCUT2D eigenvalue weighted by Gasteiger charge is 2.11. The highest BCUT2D eigenvalue weighted by atomic mass is 79.9. The molecular formula is C11H11BrClN3O. The van der Waals surface area contributed by atoms with Gasteiger partial charge in [-0.25, -0.2) is 0 Å². The van der Waals surface area contributed by atoms with Crippen LogP contribution in [-0.4, -0.2) is 28.5 Å². The van der Waals surface area contributed by atoms with E-state index < -0.39 is 0 Å². The fourth-order valence-electron chi connectivity index (χ4n) is 1.49. The Morgan fingerprint density at radius 3 is 3.06 bits per heavy atom.